The van der Waals surface area contributed by atoms with Crippen LogP contribution in [0.2, 0.25) is 0 Å². The highest BCUT2D eigenvalue weighted by molar-refractivity contribution is 14.1. The van der Waals surface area contributed by atoms with Gasteiger partial charge in [-0.05, 0) is 35.9 Å². The Labute approximate surface area is 169 Å². The van der Waals surface area contributed by atoms with E-state index < -0.39 is 5.82 Å². The summed E-state index contributed by atoms with van der Waals surface area (Å²) in [7, 11) is 0. The standard InChI is InChI=1S/C20H17F2IN2O2/c21-14-3-1-13(2-4-14)19-16-11-15(22)5-6-18(16)27-12-17(19)20(26)24-7-9-25(23)10-8-24/h1-6,11H,7-10,12H2. The Morgan fingerprint density at radius 3 is 2.33 bits per heavy atom. The highest BCUT2D eigenvalue weighted by Gasteiger charge is 2.30. The van der Waals surface area contributed by atoms with Gasteiger partial charge in [-0.2, -0.15) is 0 Å². The zero-order chi connectivity index (χ0) is 19.0. The van der Waals surface area contributed by atoms with E-state index in [-0.39, 0.29) is 18.3 Å². The third kappa shape index (κ3) is 3.70. The maximum atomic E-state index is 13.9. The highest BCUT2D eigenvalue weighted by Crippen LogP contribution is 2.38. The second-order valence-electron chi connectivity index (χ2n) is 6.49. The Kier molecular flexibility index (Phi) is 5.14. The minimum atomic E-state index is -0.413. The molecule has 0 atom stereocenters. The molecule has 4 nitrogen and oxygen atoms in total. The number of carbonyl (C=O) groups excluding carboxylic acids is 1. The van der Waals surface area contributed by atoms with Gasteiger partial charge in [-0.15, -0.1) is 0 Å². The minimum Gasteiger partial charge on any atom is -0.488 e. The van der Waals surface area contributed by atoms with Crippen molar-refractivity contribution in [3.05, 3.63) is 70.8 Å². The molecule has 7 heteroatoms. The Hall–Kier alpha value is -2.00. The van der Waals surface area contributed by atoms with Gasteiger partial charge < -0.3 is 9.64 Å². The SMILES string of the molecule is O=C(C1=C(c2ccc(F)cc2)c2cc(F)ccc2OC1)N1CCN(I)CC1. The molecule has 0 aliphatic carbocycles. The van der Waals surface area contributed by atoms with Gasteiger partial charge >= 0.3 is 0 Å². The van der Waals surface area contributed by atoms with E-state index in [2.05, 4.69) is 26.0 Å². The molecule has 0 spiro atoms. The van der Waals surface area contributed by atoms with Crippen molar-refractivity contribution in [1.82, 2.24) is 8.01 Å². The molecule has 1 saturated heterocycles. The van der Waals surface area contributed by atoms with Crippen LogP contribution in [0.5, 0.6) is 5.75 Å². The summed E-state index contributed by atoms with van der Waals surface area (Å²) >= 11 is 2.25. The molecule has 2 heterocycles. The number of ether oxygens (including phenoxy) is 1. The van der Waals surface area contributed by atoms with Crippen LogP contribution >= 0.6 is 22.9 Å². The average Bonchev–Trinajstić information content (AvgIpc) is 2.68. The van der Waals surface area contributed by atoms with Gasteiger partial charge in [0.1, 0.15) is 24.0 Å². The van der Waals surface area contributed by atoms with Crippen LogP contribution in [0, 0.1) is 11.6 Å². The summed E-state index contributed by atoms with van der Waals surface area (Å²) < 4.78 is 35.2. The van der Waals surface area contributed by atoms with Crippen LogP contribution in [0.1, 0.15) is 11.1 Å². The van der Waals surface area contributed by atoms with Gasteiger partial charge in [-0.1, -0.05) is 12.1 Å². The number of rotatable bonds is 2. The molecule has 2 aromatic carbocycles. The number of halogens is 3. The van der Waals surface area contributed by atoms with Crippen LogP contribution in [-0.2, 0) is 4.79 Å². The van der Waals surface area contributed by atoms with Crippen molar-refractivity contribution < 1.29 is 18.3 Å². The molecule has 0 bridgehead atoms. The molecule has 4 rings (SSSR count). The molecule has 0 aromatic heterocycles. The Bertz CT molecular complexity index is 907. The zero-order valence-corrected chi connectivity index (χ0v) is 16.6. The first-order valence-corrected chi connectivity index (χ1v) is 9.61. The van der Waals surface area contributed by atoms with E-state index in [1.165, 1.54) is 24.3 Å². The van der Waals surface area contributed by atoms with Crippen LogP contribution in [0.25, 0.3) is 5.57 Å². The van der Waals surface area contributed by atoms with Crippen LogP contribution in [0.3, 0.4) is 0 Å². The average molecular weight is 482 g/mol. The van der Waals surface area contributed by atoms with Crippen molar-refractivity contribution in [2.45, 2.75) is 0 Å². The van der Waals surface area contributed by atoms with Crippen LogP contribution in [-0.4, -0.2) is 46.7 Å². The quantitative estimate of drug-likeness (QED) is 0.484. The molecular weight excluding hydrogens is 465 g/mol. The molecule has 0 N–H and O–H groups in total. The van der Waals surface area contributed by atoms with Gasteiger partial charge in [-0.25, -0.2) is 11.9 Å². The van der Waals surface area contributed by atoms with E-state index in [0.29, 0.717) is 41.1 Å². The van der Waals surface area contributed by atoms with E-state index in [1.54, 1.807) is 23.1 Å². The van der Waals surface area contributed by atoms with E-state index in [4.69, 9.17) is 4.74 Å². The minimum absolute atomic E-state index is 0.106. The topological polar surface area (TPSA) is 32.8 Å². The van der Waals surface area contributed by atoms with E-state index in [1.807, 2.05) is 0 Å². The molecule has 1 fully saturated rings. The number of piperazine rings is 1. The molecule has 2 aromatic rings. The summed E-state index contributed by atoms with van der Waals surface area (Å²) in [6.07, 6.45) is 0. The number of hydrogen-bond donors (Lipinski definition) is 0. The highest BCUT2D eigenvalue weighted by atomic mass is 127. The van der Waals surface area contributed by atoms with Crippen molar-refractivity contribution in [3.8, 4) is 5.75 Å². The van der Waals surface area contributed by atoms with Gasteiger partial charge in [0, 0.05) is 60.2 Å². The predicted molar refractivity (Wildman–Crippen MR) is 106 cm³/mol. The molecular formula is C20H17F2IN2O2. The first kappa shape index (κ1) is 18.4. The van der Waals surface area contributed by atoms with Gasteiger partial charge in [0.05, 0.1) is 5.57 Å². The Morgan fingerprint density at radius 1 is 0.963 bits per heavy atom. The fourth-order valence-corrected chi connectivity index (χ4v) is 3.83. The molecule has 0 saturated carbocycles. The molecule has 2 aliphatic rings. The molecule has 1 amide bonds. The van der Waals surface area contributed by atoms with Crippen LogP contribution in [0.15, 0.2) is 48.0 Å². The number of carbonyl (C=O) groups is 1. The smallest absolute Gasteiger partial charge is 0.253 e. The second kappa shape index (κ2) is 7.55. The predicted octanol–water partition coefficient (Wildman–Crippen LogP) is 3.65. The maximum absolute atomic E-state index is 13.9. The number of nitrogens with zero attached hydrogens (tertiary/aromatic N) is 2. The largest absolute Gasteiger partial charge is 0.488 e. The summed E-state index contributed by atoms with van der Waals surface area (Å²) in [6, 6.07) is 10.2. The van der Waals surface area contributed by atoms with Crippen LogP contribution in [0.4, 0.5) is 8.78 Å². The van der Waals surface area contributed by atoms with Crippen molar-refractivity contribution >= 4 is 34.3 Å². The van der Waals surface area contributed by atoms with Gasteiger partial charge in [-0.3, -0.25) is 4.79 Å². The lowest BCUT2D eigenvalue weighted by atomic mass is 9.90. The number of benzene rings is 2. The second-order valence-corrected chi connectivity index (χ2v) is 7.86. The monoisotopic (exact) mass is 482 g/mol. The molecule has 0 radical (unpaired) electrons. The fourth-order valence-electron chi connectivity index (χ4n) is 3.40. The van der Waals surface area contributed by atoms with E-state index in [0.717, 1.165) is 13.1 Å². The Balaban J connectivity index is 1.82. The normalized spacial score (nSPS) is 17.5. The van der Waals surface area contributed by atoms with Gasteiger partial charge in [0.2, 0.25) is 0 Å². The number of fused-ring (bicyclic) bond motifs is 1. The molecule has 2 aliphatic heterocycles. The molecule has 140 valence electrons. The fraction of sp³-hybridized carbons (Fsp3) is 0.250. The number of hydrogen-bond acceptors (Lipinski definition) is 3. The lowest BCUT2D eigenvalue weighted by molar-refractivity contribution is -0.128. The Morgan fingerprint density at radius 2 is 1.63 bits per heavy atom. The molecule has 0 unspecified atom stereocenters. The van der Waals surface area contributed by atoms with Gasteiger partial charge in [0.15, 0.2) is 0 Å². The first-order valence-electron chi connectivity index (χ1n) is 8.65. The lowest BCUT2D eigenvalue weighted by Gasteiger charge is -2.33. The van der Waals surface area contributed by atoms with Crippen molar-refractivity contribution in [3.63, 3.8) is 0 Å². The first-order chi connectivity index (χ1) is 13.0. The zero-order valence-electron chi connectivity index (χ0n) is 14.4. The summed E-state index contributed by atoms with van der Waals surface area (Å²) in [5.74, 6) is -0.376. The van der Waals surface area contributed by atoms with E-state index in [9.17, 15) is 13.6 Å². The summed E-state index contributed by atoms with van der Waals surface area (Å²) in [5.41, 5.74) is 2.27. The summed E-state index contributed by atoms with van der Waals surface area (Å²) in [5, 5.41) is 0. The van der Waals surface area contributed by atoms with Gasteiger partial charge in [0.25, 0.3) is 5.91 Å². The lowest BCUT2D eigenvalue weighted by Crippen LogP contribution is -2.46. The third-order valence-corrected chi connectivity index (χ3v) is 5.75. The van der Waals surface area contributed by atoms with E-state index >= 15 is 0 Å². The number of amides is 1. The molecule has 27 heavy (non-hydrogen) atoms. The van der Waals surface area contributed by atoms with Crippen LogP contribution < -0.4 is 4.74 Å². The summed E-state index contributed by atoms with van der Waals surface area (Å²) in [6.45, 7) is 2.93. The third-order valence-electron chi connectivity index (χ3n) is 4.79. The summed E-state index contributed by atoms with van der Waals surface area (Å²) in [4.78, 5) is 15.0. The maximum Gasteiger partial charge on any atom is 0.253 e. The van der Waals surface area contributed by atoms with Crippen molar-refractivity contribution in [2.75, 3.05) is 32.8 Å². The van der Waals surface area contributed by atoms with Crippen molar-refractivity contribution in [1.29, 1.82) is 0 Å². The van der Waals surface area contributed by atoms with Crippen molar-refractivity contribution in [2.24, 2.45) is 0 Å².